The molecule has 0 unspecified atom stereocenters. The predicted molar refractivity (Wildman–Crippen MR) is 56.9 cm³/mol. The molecule has 0 heterocycles. The summed E-state index contributed by atoms with van der Waals surface area (Å²) < 4.78 is 41.3. The van der Waals surface area contributed by atoms with Crippen molar-refractivity contribution in [2.75, 3.05) is 12.8 Å². The van der Waals surface area contributed by atoms with Gasteiger partial charge in [0.1, 0.15) is 0 Å². The van der Waals surface area contributed by atoms with Gasteiger partial charge < -0.3 is 10.5 Å². The average Bonchev–Trinajstić information content (AvgIpc) is 2.25. The fourth-order valence-corrected chi connectivity index (χ4v) is 1.13. The van der Waals surface area contributed by atoms with Crippen LogP contribution in [0.2, 0.25) is 0 Å². The van der Waals surface area contributed by atoms with E-state index in [4.69, 9.17) is 5.73 Å². The van der Waals surface area contributed by atoms with Crippen molar-refractivity contribution in [3.63, 3.8) is 0 Å². The van der Waals surface area contributed by atoms with Gasteiger partial charge in [-0.25, -0.2) is 4.79 Å². The molecule has 0 saturated heterocycles. The molecule has 0 amide bonds. The van der Waals surface area contributed by atoms with Gasteiger partial charge in [0.25, 0.3) is 0 Å². The molecule has 92 valence electrons. The lowest BCUT2D eigenvalue weighted by Gasteiger charge is -2.08. The van der Waals surface area contributed by atoms with Crippen molar-refractivity contribution < 1.29 is 22.7 Å². The summed E-state index contributed by atoms with van der Waals surface area (Å²) in [6.07, 6.45) is -2.06. The molecule has 2 N–H and O–H groups in total. The SMILES string of the molecule is COC(=O)C=Cc1ccc(C(F)(F)F)cc1N. The average molecular weight is 245 g/mol. The molecule has 0 aromatic heterocycles. The molecule has 6 heteroatoms. The van der Waals surface area contributed by atoms with Crippen LogP contribution in [0, 0.1) is 0 Å². The number of nitrogen functional groups attached to an aromatic ring is 1. The molecule has 1 aromatic carbocycles. The molecular formula is C11H10F3NO2. The Bertz CT molecular complexity index is 453. The number of anilines is 1. The fourth-order valence-electron chi connectivity index (χ4n) is 1.13. The number of carbonyl (C=O) groups is 1. The van der Waals surface area contributed by atoms with Crippen molar-refractivity contribution in [2.24, 2.45) is 0 Å². The zero-order valence-electron chi connectivity index (χ0n) is 8.91. The van der Waals surface area contributed by atoms with Crippen molar-refractivity contribution in [3.8, 4) is 0 Å². The molecule has 0 saturated carbocycles. The van der Waals surface area contributed by atoms with Gasteiger partial charge in [-0.15, -0.1) is 0 Å². The number of methoxy groups -OCH3 is 1. The van der Waals surface area contributed by atoms with E-state index in [2.05, 4.69) is 4.74 Å². The first-order valence-corrected chi connectivity index (χ1v) is 4.57. The normalized spacial score (nSPS) is 11.8. The van der Waals surface area contributed by atoms with Gasteiger partial charge in [0, 0.05) is 11.8 Å². The first-order valence-electron chi connectivity index (χ1n) is 4.57. The van der Waals surface area contributed by atoms with Crippen LogP contribution in [0.4, 0.5) is 18.9 Å². The molecule has 0 aliphatic carbocycles. The maximum absolute atomic E-state index is 12.3. The Morgan fingerprint density at radius 2 is 2.06 bits per heavy atom. The van der Waals surface area contributed by atoms with Gasteiger partial charge in [-0.3, -0.25) is 0 Å². The van der Waals surface area contributed by atoms with Gasteiger partial charge in [-0.2, -0.15) is 13.2 Å². The summed E-state index contributed by atoms with van der Waals surface area (Å²) in [6, 6.07) is 2.90. The number of nitrogens with two attached hydrogens (primary N) is 1. The van der Waals surface area contributed by atoms with Crippen LogP contribution in [-0.2, 0) is 15.7 Å². The highest BCUT2D eigenvalue weighted by Crippen LogP contribution is 2.31. The Morgan fingerprint density at radius 1 is 1.41 bits per heavy atom. The first kappa shape index (κ1) is 13.1. The van der Waals surface area contributed by atoms with Crippen molar-refractivity contribution in [2.45, 2.75) is 6.18 Å². The summed E-state index contributed by atoms with van der Waals surface area (Å²) in [4.78, 5) is 10.8. The van der Waals surface area contributed by atoms with Crippen LogP contribution >= 0.6 is 0 Å². The van der Waals surface area contributed by atoms with Gasteiger partial charge in [-0.05, 0) is 23.8 Å². The molecule has 0 fully saturated rings. The molecule has 0 bridgehead atoms. The second-order valence-electron chi connectivity index (χ2n) is 3.20. The van der Waals surface area contributed by atoms with Gasteiger partial charge in [0.05, 0.1) is 12.7 Å². The number of hydrogen-bond donors (Lipinski definition) is 1. The van der Waals surface area contributed by atoms with Crippen molar-refractivity contribution in [1.82, 2.24) is 0 Å². The lowest BCUT2D eigenvalue weighted by molar-refractivity contribution is -0.137. The molecule has 3 nitrogen and oxygen atoms in total. The quantitative estimate of drug-likeness (QED) is 0.494. The highest BCUT2D eigenvalue weighted by atomic mass is 19.4. The molecule has 0 atom stereocenters. The third-order valence-corrected chi connectivity index (χ3v) is 2.01. The molecule has 0 aliphatic rings. The number of carbonyl (C=O) groups excluding carboxylic acids is 1. The zero-order chi connectivity index (χ0) is 13.1. The molecular weight excluding hydrogens is 235 g/mol. The molecule has 17 heavy (non-hydrogen) atoms. The van der Waals surface area contributed by atoms with E-state index in [0.29, 0.717) is 5.56 Å². The van der Waals surface area contributed by atoms with Crippen LogP contribution in [0.1, 0.15) is 11.1 Å². The van der Waals surface area contributed by atoms with E-state index in [1.807, 2.05) is 0 Å². The lowest BCUT2D eigenvalue weighted by Crippen LogP contribution is -2.06. The largest absolute Gasteiger partial charge is 0.466 e. The maximum Gasteiger partial charge on any atom is 0.416 e. The summed E-state index contributed by atoms with van der Waals surface area (Å²) in [5.41, 5.74) is 4.88. The highest BCUT2D eigenvalue weighted by Gasteiger charge is 2.30. The van der Waals surface area contributed by atoms with Crippen LogP contribution in [0.5, 0.6) is 0 Å². The smallest absolute Gasteiger partial charge is 0.416 e. The number of halogens is 3. The van der Waals surface area contributed by atoms with Crippen molar-refractivity contribution in [3.05, 3.63) is 35.4 Å². The Balaban J connectivity index is 2.99. The minimum atomic E-state index is -4.43. The third kappa shape index (κ3) is 3.51. The topological polar surface area (TPSA) is 52.3 Å². The van der Waals surface area contributed by atoms with Gasteiger partial charge in [-0.1, -0.05) is 6.07 Å². The number of alkyl halides is 3. The summed E-state index contributed by atoms with van der Waals surface area (Å²) in [5, 5.41) is 0. The Morgan fingerprint density at radius 3 is 2.53 bits per heavy atom. The monoisotopic (exact) mass is 245 g/mol. The highest BCUT2D eigenvalue weighted by molar-refractivity contribution is 5.88. The molecule has 1 rings (SSSR count). The van der Waals surface area contributed by atoms with Crippen LogP contribution in [-0.4, -0.2) is 13.1 Å². The summed E-state index contributed by atoms with van der Waals surface area (Å²) in [5.74, 6) is -0.607. The zero-order valence-corrected chi connectivity index (χ0v) is 8.91. The first-order chi connectivity index (χ1) is 7.84. The fraction of sp³-hybridized carbons (Fsp3) is 0.182. The minimum Gasteiger partial charge on any atom is -0.466 e. The van der Waals surface area contributed by atoms with Crippen LogP contribution in [0.15, 0.2) is 24.3 Å². The van der Waals surface area contributed by atoms with E-state index >= 15 is 0 Å². The standard InChI is InChI=1S/C11H10F3NO2/c1-17-10(16)5-3-7-2-4-8(6-9(7)15)11(12,13)14/h2-6H,15H2,1H3. The van der Waals surface area contributed by atoms with E-state index in [9.17, 15) is 18.0 Å². The third-order valence-electron chi connectivity index (χ3n) is 2.01. The second kappa shape index (κ2) is 4.90. The van der Waals surface area contributed by atoms with E-state index < -0.39 is 17.7 Å². The van der Waals surface area contributed by atoms with Gasteiger partial charge >= 0.3 is 12.1 Å². The van der Waals surface area contributed by atoms with E-state index in [1.54, 1.807) is 0 Å². The number of benzene rings is 1. The van der Waals surface area contributed by atoms with E-state index in [0.717, 1.165) is 18.2 Å². The molecule has 1 aromatic rings. The molecule has 0 spiro atoms. The number of rotatable bonds is 2. The Hall–Kier alpha value is -1.98. The van der Waals surface area contributed by atoms with E-state index in [1.165, 1.54) is 19.3 Å². The lowest BCUT2D eigenvalue weighted by atomic mass is 10.1. The van der Waals surface area contributed by atoms with Gasteiger partial charge in [0.15, 0.2) is 0 Å². The number of ether oxygens (including phenoxy) is 1. The van der Waals surface area contributed by atoms with Crippen LogP contribution in [0.25, 0.3) is 6.08 Å². The number of hydrogen-bond acceptors (Lipinski definition) is 3. The maximum atomic E-state index is 12.3. The predicted octanol–water partition coefficient (Wildman–Crippen LogP) is 2.47. The molecule has 0 radical (unpaired) electrons. The Labute approximate surface area is 95.7 Å². The Kier molecular flexibility index (Phi) is 3.77. The second-order valence-corrected chi connectivity index (χ2v) is 3.20. The van der Waals surface area contributed by atoms with Crippen molar-refractivity contribution in [1.29, 1.82) is 0 Å². The summed E-state index contributed by atoms with van der Waals surface area (Å²) in [6.45, 7) is 0. The number of esters is 1. The van der Waals surface area contributed by atoms with Crippen LogP contribution < -0.4 is 5.73 Å². The summed E-state index contributed by atoms with van der Waals surface area (Å²) >= 11 is 0. The summed E-state index contributed by atoms with van der Waals surface area (Å²) in [7, 11) is 1.20. The van der Waals surface area contributed by atoms with E-state index in [-0.39, 0.29) is 5.69 Å². The van der Waals surface area contributed by atoms with Crippen molar-refractivity contribution >= 4 is 17.7 Å². The molecule has 0 aliphatic heterocycles. The van der Waals surface area contributed by atoms with Crippen LogP contribution in [0.3, 0.4) is 0 Å². The minimum absolute atomic E-state index is 0.0556. The van der Waals surface area contributed by atoms with Gasteiger partial charge in [0.2, 0.25) is 0 Å².